The molecule has 0 saturated carbocycles. The van der Waals surface area contributed by atoms with Gasteiger partial charge in [-0.1, -0.05) is 42.0 Å². The van der Waals surface area contributed by atoms with Gasteiger partial charge < -0.3 is 4.55 Å². The lowest BCUT2D eigenvalue weighted by atomic mass is 10.0. The van der Waals surface area contributed by atoms with E-state index in [-0.39, 0.29) is 4.90 Å². The van der Waals surface area contributed by atoms with E-state index in [4.69, 9.17) is 13.0 Å². The van der Waals surface area contributed by atoms with E-state index in [2.05, 4.69) is 0 Å². The van der Waals surface area contributed by atoms with Crippen molar-refractivity contribution in [2.75, 3.05) is 7.05 Å². The van der Waals surface area contributed by atoms with Crippen LogP contribution in [0, 0.1) is 6.92 Å². The molecule has 1 aromatic heterocycles. The highest BCUT2D eigenvalue weighted by molar-refractivity contribution is 7.89. The lowest BCUT2D eigenvalue weighted by molar-refractivity contribution is -0.617. The van der Waals surface area contributed by atoms with Crippen LogP contribution >= 0.6 is 0 Å². The topological polar surface area (TPSA) is 116 Å². The zero-order valence-electron chi connectivity index (χ0n) is 19.7. The third-order valence-corrected chi connectivity index (χ3v) is 7.85. The first-order valence-electron chi connectivity index (χ1n) is 10.5. The standard InChI is InChI=1S/C23H21N2O3S.CHF3O3S/c1-16-12-14-17(15-13-16)29(27,28)25(3)23(26)22-18-8-4-6-10-20(18)24(2)21-11-7-5-9-19(21)22;2-1(3,4)8(5,6)7/h4-15H,1-3H3;(H,5,6,7)/q+1;/p-1. The highest BCUT2D eigenvalue weighted by atomic mass is 32.2. The zero-order valence-corrected chi connectivity index (χ0v) is 21.4. The molecule has 0 atom stereocenters. The van der Waals surface area contributed by atoms with Gasteiger partial charge in [-0.25, -0.2) is 21.1 Å². The van der Waals surface area contributed by atoms with Gasteiger partial charge in [0.15, 0.2) is 10.1 Å². The van der Waals surface area contributed by atoms with Gasteiger partial charge in [-0.3, -0.25) is 4.79 Å². The lowest BCUT2D eigenvalue weighted by Crippen LogP contribution is -2.36. The second-order valence-corrected chi connectivity index (χ2v) is 11.3. The van der Waals surface area contributed by atoms with Crippen LogP contribution in [-0.2, 0) is 27.2 Å². The predicted octanol–water partition coefficient (Wildman–Crippen LogP) is 3.64. The van der Waals surface area contributed by atoms with Gasteiger partial charge >= 0.3 is 5.51 Å². The van der Waals surface area contributed by atoms with Crippen LogP contribution < -0.4 is 4.57 Å². The molecular weight excluding hydrogens is 533 g/mol. The number of nitrogens with zero attached hydrogens (tertiary/aromatic N) is 2. The summed E-state index contributed by atoms with van der Waals surface area (Å²) in [5.41, 5.74) is -2.60. The summed E-state index contributed by atoms with van der Waals surface area (Å²) >= 11 is 0. The Kier molecular flexibility index (Phi) is 7.63. The average molecular weight is 555 g/mol. The maximum atomic E-state index is 13.5. The Bertz CT molecular complexity index is 1650. The minimum atomic E-state index is -6.09. The van der Waals surface area contributed by atoms with E-state index in [9.17, 15) is 26.4 Å². The van der Waals surface area contributed by atoms with Gasteiger partial charge in [-0.2, -0.15) is 17.7 Å². The molecule has 0 radical (unpaired) electrons. The van der Waals surface area contributed by atoms with E-state index in [0.717, 1.165) is 20.9 Å². The number of aromatic nitrogens is 1. The number of halogens is 3. The summed E-state index contributed by atoms with van der Waals surface area (Å²) in [5, 5.41) is 1.43. The number of carbonyl (C=O) groups is 1. The predicted molar refractivity (Wildman–Crippen MR) is 129 cm³/mol. The fourth-order valence-electron chi connectivity index (χ4n) is 3.60. The van der Waals surface area contributed by atoms with Crippen LogP contribution in [0.25, 0.3) is 21.8 Å². The third-order valence-electron chi connectivity index (χ3n) is 5.53. The molecule has 0 aliphatic rings. The smallest absolute Gasteiger partial charge is 0.485 e. The summed E-state index contributed by atoms with van der Waals surface area (Å²) in [5.74, 6) is -0.557. The number of benzene rings is 3. The number of para-hydroxylation sites is 2. The Morgan fingerprint density at radius 2 is 1.24 bits per heavy atom. The van der Waals surface area contributed by atoms with Gasteiger partial charge in [0.2, 0.25) is 11.0 Å². The summed E-state index contributed by atoms with van der Waals surface area (Å²) in [6.07, 6.45) is 0. The second kappa shape index (κ2) is 10.1. The SMILES string of the molecule is Cc1ccc(S(=O)(=O)N(C)C(=O)c2c3ccccc3[n+](C)c3ccccc23)cc1.O=S(=O)([O-])C(F)(F)F. The highest BCUT2D eigenvalue weighted by Crippen LogP contribution is 2.27. The molecule has 196 valence electrons. The normalized spacial score (nSPS) is 12.2. The van der Waals surface area contributed by atoms with Crippen molar-refractivity contribution in [3.05, 3.63) is 83.9 Å². The summed E-state index contributed by atoms with van der Waals surface area (Å²) in [4.78, 5) is 13.6. The number of pyridine rings is 1. The van der Waals surface area contributed by atoms with Crippen molar-refractivity contribution in [3.63, 3.8) is 0 Å². The molecule has 0 spiro atoms. The molecule has 0 unspecified atom stereocenters. The van der Waals surface area contributed by atoms with Crippen molar-refractivity contribution in [2.45, 2.75) is 17.3 Å². The molecule has 13 heteroatoms. The van der Waals surface area contributed by atoms with Gasteiger partial charge in [-0.15, -0.1) is 0 Å². The van der Waals surface area contributed by atoms with E-state index in [0.29, 0.717) is 16.3 Å². The number of hydrogen-bond acceptors (Lipinski definition) is 6. The van der Waals surface area contributed by atoms with Crippen molar-refractivity contribution in [1.82, 2.24) is 4.31 Å². The Labute approximate surface area is 211 Å². The minimum Gasteiger partial charge on any atom is -0.741 e. The van der Waals surface area contributed by atoms with Crippen LogP contribution in [-0.4, -0.2) is 44.2 Å². The summed E-state index contributed by atoms with van der Waals surface area (Å²) in [7, 11) is -6.81. The molecular formula is C24H21F3N2O6S2. The second-order valence-electron chi connectivity index (χ2n) is 7.96. The number of fused-ring (bicyclic) bond motifs is 2. The van der Waals surface area contributed by atoms with E-state index >= 15 is 0 Å². The monoisotopic (exact) mass is 554 g/mol. The number of carbonyl (C=O) groups excluding carboxylic acids is 1. The quantitative estimate of drug-likeness (QED) is 0.165. The molecule has 8 nitrogen and oxygen atoms in total. The third kappa shape index (κ3) is 5.58. The number of rotatable bonds is 3. The average Bonchev–Trinajstić information content (AvgIpc) is 2.83. The molecule has 37 heavy (non-hydrogen) atoms. The number of amides is 1. The van der Waals surface area contributed by atoms with Gasteiger partial charge in [0.1, 0.15) is 7.05 Å². The Hall–Kier alpha value is -3.55. The van der Waals surface area contributed by atoms with Gasteiger partial charge in [0.25, 0.3) is 15.9 Å². The molecule has 0 N–H and O–H groups in total. The van der Waals surface area contributed by atoms with E-state index in [1.54, 1.807) is 12.1 Å². The Morgan fingerprint density at radius 1 is 0.838 bits per heavy atom. The molecule has 1 heterocycles. The van der Waals surface area contributed by atoms with Crippen molar-refractivity contribution < 1.29 is 43.9 Å². The van der Waals surface area contributed by atoms with Crippen LogP contribution in [0.3, 0.4) is 0 Å². The maximum Gasteiger partial charge on any atom is 0.485 e. The maximum absolute atomic E-state index is 13.5. The number of aryl methyl sites for hydroxylation is 2. The molecule has 0 aliphatic heterocycles. The first kappa shape index (κ1) is 28.0. The molecule has 0 bridgehead atoms. The summed E-state index contributed by atoms with van der Waals surface area (Å²) < 4.78 is 87.9. The van der Waals surface area contributed by atoms with Crippen molar-refractivity contribution >= 4 is 47.9 Å². The number of alkyl halides is 3. The van der Waals surface area contributed by atoms with Crippen LogP contribution in [0.4, 0.5) is 13.2 Å². The number of hydrogen-bond donors (Lipinski definition) is 0. The van der Waals surface area contributed by atoms with Crippen molar-refractivity contribution in [1.29, 1.82) is 0 Å². The van der Waals surface area contributed by atoms with E-state index in [1.807, 2.05) is 67.1 Å². The van der Waals surface area contributed by atoms with Gasteiger partial charge in [-0.05, 0) is 31.2 Å². The van der Waals surface area contributed by atoms with E-state index in [1.165, 1.54) is 19.2 Å². The first-order chi connectivity index (χ1) is 17.1. The van der Waals surface area contributed by atoms with Crippen molar-refractivity contribution in [3.8, 4) is 0 Å². The molecule has 3 aromatic carbocycles. The fourth-order valence-corrected chi connectivity index (χ4v) is 4.70. The lowest BCUT2D eigenvalue weighted by Gasteiger charge is -2.19. The largest absolute Gasteiger partial charge is 0.741 e. The molecule has 0 fully saturated rings. The van der Waals surface area contributed by atoms with Gasteiger partial charge in [0, 0.05) is 19.2 Å². The molecule has 0 aliphatic carbocycles. The summed E-state index contributed by atoms with van der Waals surface area (Å²) in [6.45, 7) is 1.88. The highest BCUT2D eigenvalue weighted by Gasteiger charge is 2.37. The van der Waals surface area contributed by atoms with E-state index < -0.39 is 31.6 Å². The summed E-state index contributed by atoms with van der Waals surface area (Å²) in [6, 6.07) is 21.5. The van der Waals surface area contributed by atoms with Crippen LogP contribution in [0.15, 0.2) is 77.7 Å². The van der Waals surface area contributed by atoms with Crippen LogP contribution in [0.2, 0.25) is 0 Å². The fraction of sp³-hybridized carbons (Fsp3) is 0.167. The Balaban J connectivity index is 0.000000414. The minimum absolute atomic E-state index is 0.0917. The first-order valence-corrected chi connectivity index (χ1v) is 13.3. The van der Waals surface area contributed by atoms with Crippen LogP contribution in [0.5, 0.6) is 0 Å². The van der Waals surface area contributed by atoms with Gasteiger partial charge in [0.05, 0.1) is 21.2 Å². The molecule has 0 saturated heterocycles. The van der Waals surface area contributed by atoms with Crippen molar-refractivity contribution in [2.24, 2.45) is 7.05 Å². The Morgan fingerprint density at radius 3 is 1.65 bits per heavy atom. The number of sulfonamides is 1. The molecule has 4 rings (SSSR count). The molecule has 4 aromatic rings. The zero-order chi connectivity index (χ0) is 27.8. The van der Waals surface area contributed by atoms with Crippen LogP contribution in [0.1, 0.15) is 15.9 Å². The molecule has 1 amide bonds.